The molecule has 1 aliphatic rings. The Morgan fingerprint density at radius 2 is 2.04 bits per heavy atom. The standard InChI is InChI=1S/C18H22N4O2/c1-11-16(12(2)21(4)20-11)10-18(24)19-15-5-6-17-14(9-15)7-8-22(17)13(3)23/h5-6,9H,7-8,10H2,1-4H3,(H,19,24). The lowest BCUT2D eigenvalue weighted by molar-refractivity contribution is -0.117. The summed E-state index contributed by atoms with van der Waals surface area (Å²) < 4.78 is 1.80. The van der Waals surface area contributed by atoms with Crippen LogP contribution in [0.3, 0.4) is 0 Å². The molecule has 2 heterocycles. The highest BCUT2D eigenvalue weighted by molar-refractivity contribution is 5.96. The summed E-state index contributed by atoms with van der Waals surface area (Å²) in [5.74, 6) is -0.0105. The number of anilines is 2. The van der Waals surface area contributed by atoms with Crippen LogP contribution in [0, 0.1) is 13.8 Å². The molecule has 0 fully saturated rings. The van der Waals surface area contributed by atoms with Gasteiger partial charge in [-0.05, 0) is 44.0 Å². The molecule has 3 rings (SSSR count). The Labute approximate surface area is 141 Å². The Bertz CT molecular complexity index is 823. The van der Waals surface area contributed by atoms with Crippen LogP contribution in [0.5, 0.6) is 0 Å². The van der Waals surface area contributed by atoms with Gasteiger partial charge in [0.1, 0.15) is 0 Å². The summed E-state index contributed by atoms with van der Waals surface area (Å²) >= 11 is 0. The molecule has 0 radical (unpaired) electrons. The number of hydrogen-bond acceptors (Lipinski definition) is 3. The number of rotatable bonds is 3. The van der Waals surface area contributed by atoms with Gasteiger partial charge in [0, 0.05) is 43.1 Å². The van der Waals surface area contributed by atoms with Gasteiger partial charge in [0.15, 0.2) is 0 Å². The van der Waals surface area contributed by atoms with E-state index in [0.29, 0.717) is 13.0 Å². The fourth-order valence-corrected chi connectivity index (χ4v) is 3.25. The number of amides is 2. The molecule has 0 bridgehead atoms. The van der Waals surface area contributed by atoms with E-state index in [0.717, 1.165) is 40.3 Å². The number of carbonyl (C=O) groups excluding carboxylic acids is 2. The van der Waals surface area contributed by atoms with Gasteiger partial charge in [-0.15, -0.1) is 0 Å². The molecule has 1 N–H and O–H groups in total. The first-order valence-electron chi connectivity index (χ1n) is 8.06. The first kappa shape index (κ1) is 16.2. The largest absolute Gasteiger partial charge is 0.326 e. The van der Waals surface area contributed by atoms with Gasteiger partial charge in [0.05, 0.1) is 12.1 Å². The molecule has 0 atom stereocenters. The van der Waals surface area contributed by atoms with Gasteiger partial charge in [-0.1, -0.05) is 0 Å². The zero-order chi connectivity index (χ0) is 17.4. The Kier molecular flexibility index (Phi) is 4.13. The van der Waals surface area contributed by atoms with E-state index in [1.54, 1.807) is 16.5 Å². The number of benzene rings is 1. The van der Waals surface area contributed by atoms with Gasteiger partial charge < -0.3 is 10.2 Å². The molecule has 126 valence electrons. The highest BCUT2D eigenvalue weighted by Gasteiger charge is 2.22. The third kappa shape index (κ3) is 2.91. The number of aromatic nitrogens is 2. The van der Waals surface area contributed by atoms with E-state index in [-0.39, 0.29) is 11.8 Å². The number of aryl methyl sites for hydroxylation is 2. The van der Waals surface area contributed by atoms with Crippen LogP contribution in [0.1, 0.15) is 29.4 Å². The van der Waals surface area contributed by atoms with E-state index >= 15 is 0 Å². The monoisotopic (exact) mass is 326 g/mol. The van der Waals surface area contributed by atoms with E-state index in [1.165, 1.54) is 0 Å². The maximum atomic E-state index is 12.4. The van der Waals surface area contributed by atoms with Gasteiger partial charge in [-0.25, -0.2) is 0 Å². The first-order valence-corrected chi connectivity index (χ1v) is 8.06. The van der Waals surface area contributed by atoms with E-state index in [9.17, 15) is 9.59 Å². The smallest absolute Gasteiger partial charge is 0.228 e. The fraction of sp³-hybridized carbons (Fsp3) is 0.389. The number of nitrogens with one attached hydrogen (secondary N) is 1. The second kappa shape index (κ2) is 6.11. The summed E-state index contributed by atoms with van der Waals surface area (Å²) in [6.45, 7) is 6.16. The van der Waals surface area contributed by atoms with Crippen molar-refractivity contribution in [2.45, 2.75) is 33.6 Å². The van der Waals surface area contributed by atoms with Crippen molar-refractivity contribution in [2.75, 3.05) is 16.8 Å². The van der Waals surface area contributed by atoms with E-state index in [4.69, 9.17) is 0 Å². The molecule has 24 heavy (non-hydrogen) atoms. The van der Waals surface area contributed by atoms with E-state index in [2.05, 4.69) is 10.4 Å². The fourth-order valence-electron chi connectivity index (χ4n) is 3.25. The molecule has 0 unspecified atom stereocenters. The van der Waals surface area contributed by atoms with Crippen LogP contribution in [0.2, 0.25) is 0 Å². The van der Waals surface area contributed by atoms with Gasteiger partial charge in [0.25, 0.3) is 0 Å². The average Bonchev–Trinajstić information content (AvgIpc) is 3.03. The zero-order valence-electron chi connectivity index (χ0n) is 14.5. The zero-order valence-corrected chi connectivity index (χ0v) is 14.5. The summed E-state index contributed by atoms with van der Waals surface area (Å²) in [6.07, 6.45) is 1.13. The third-order valence-corrected chi connectivity index (χ3v) is 4.64. The van der Waals surface area contributed by atoms with E-state index in [1.807, 2.05) is 39.1 Å². The van der Waals surface area contributed by atoms with Gasteiger partial charge in [-0.2, -0.15) is 5.10 Å². The summed E-state index contributed by atoms with van der Waals surface area (Å²) in [5.41, 5.74) is 5.67. The van der Waals surface area contributed by atoms with Crippen molar-refractivity contribution < 1.29 is 9.59 Å². The summed E-state index contributed by atoms with van der Waals surface area (Å²) in [7, 11) is 1.88. The molecule has 0 saturated carbocycles. The minimum atomic E-state index is -0.0597. The Hall–Kier alpha value is -2.63. The van der Waals surface area contributed by atoms with Gasteiger partial charge >= 0.3 is 0 Å². The highest BCUT2D eigenvalue weighted by Crippen LogP contribution is 2.30. The molecular weight excluding hydrogens is 304 g/mol. The minimum absolute atomic E-state index is 0.0491. The summed E-state index contributed by atoms with van der Waals surface area (Å²) in [4.78, 5) is 25.7. The lowest BCUT2D eigenvalue weighted by Gasteiger charge is -2.15. The predicted molar refractivity (Wildman–Crippen MR) is 93.2 cm³/mol. The molecule has 0 aliphatic carbocycles. The lowest BCUT2D eigenvalue weighted by atomic mass is 10.1. The minimum Gasteiger partial charge on any atom is -0.326 e. The molecule has 0 saturated heterocycles. The van der Waals surface area contributed by atoms with Crippen LogP contribution >= 0.6 is 0 Å². The van der Waals surface area contributed by atoms with Crippen molar-refractivity contribution in [3.8, 4) is 0 Å². The lowest BCUT2D eigenvalue weighted by Crippen LogP contribution is -2.25. The van der Waals surface area contributed by atoms with Crippen molar-refractivity contribution in [3.05, 3.63) is 40.7 Å². The molecule has 1 aliphatic heterocycles. The normalized spacial score (nSPS) is 13.1. The number of carbonyl (C=O) groups is 2. The van der Waals surface area contributed by atoms with Crippen LogP contribution in [0.25, 0.3) is 0 Å². The Balaban J connectivity index is 1.73. The maximum Gasteiger partial charge on any atom is 0.228 e. The Morgan fingerprint density at radius 1 is 1.29 bits per heavy atom. The van der Waals surface area contributed by atoms with Crippen LogP contribution in [0.15, 0.2) is 18.2 Å². The maximum absolute atomic E-state index is 12.4. The van der Waals surface area contributed by atoms with Gasteiger partial charge in [-0.3, -0.25) is 14.3 Å². The molecule has 1 aromatic heterocycles. The topological polar surface area (TPSA) is 67.2 Å². The Morgan fingerprint density at radius 3 is 2.67 bits per heavy atom. The molecule has 2 amide bonds. The number of fused-ring (bicyclic) bond motifs is 1. The number of hydrogen-bond donors (Lipinski definition) is 1. The highest BCUT2D eigenvalue weighted by atomic mass is 16.2. The van der Waals surface area contributed by atoms with Crippen molar-refractivity contribution in [3.63, 3.8) is 0 Å². The van der Waals surface area contributed by atoms with Crippen molar-refractivity contribution in [1.82, 2.24) is 9.78 Å². The van der Waals surface area contributed by atoms with Crippen LogP contribution in [0.4, 0.5) is 11.4 Å². The predicted octanol–water partition coefficient (Wildman–Crippen LogP) is 2.13. The van der Waals surface area contributed by atoms with E-state index < -0.39 is 0 Å². The average molecular weight is 326 g/mol. The second-order valence-corrected chi connectivity index (χ2v) is 6.26. The number of nitrogens with zero attached hydrogens (tertiary/aromatic N) is 3. The van der Waals surface area contributed by atoms with Gasteiger partial charge in [0.2, 0.25) is 11.8 Å². The molecule has 1 aromatic carbocycles. The molecule has 6 heteroatoms. The molecule has 0 spiro atoms. The molecule has 6 nitrogen and oxygen atoms in total. The van der Waals surface area contributed by atoms with Crippen molar-refractivity contribution in [1.29, 1.82) is 0 Å². The van der Waals surface area contributed by atoms with Crippen LogP contribution < -0.4 is 10.2 Å². The quantitative estimate of drug-likeness (QED) is 0.939. The second-order valence-electron chi connectivity index (χ2n) is 6.26. The molecular formula is C18H22N4O2. The van der Waals surface area contributed by atoms with Crippen LogP contribution in [-0.2, 0) is 29.5 Å². The van der Waals surface area contributed by atoms with Crippen LogP contribution in [-0.4, -0.2) is 28.1 Å². The summed E-state index contributed by atoms with van der Waals surface area (Å²) in [6, 6.07) is 5.71. The first-order chi connectivity index (χ1) is 11.4. The van der Waals surface area contributed by atoms with Crippen molar-refractivity contribution in [2.24, 2.45) is 7.05 Å². The van der Waals surface area contributed by atoms with Crippen molar-refractivity contribution >= 4 is 23.2 Å². The summed E-state index contributed by atoms with van der Waals surface area (Å²) in [5, 5.41) is 7.29. The molecule has 2 aromatic rings. The third-order valence-electron chi connectivity index (χ3n) is 4.64. The SMILES string of the molecule is CC(=O)N1CCc2cc(NC(=O)Cc3c(C)nn(C)c3C)ccc21.